The van der Waals surface area contributed by atoms with Gasteiger partial charge in [0.25, 0.3) is 0 Å². The number of carbonyl (C=O) groups is 1. The van der Waals surface area contributed by atoms with Gasteiger partial charge in [-0.1, -0.05) is 23.7 Å². The van der Waals surface area contributed by atoms with Crippen molar-refractivity contribution in [3.63, 3.8) is 0 Å². The summed E-state index contributed by atoms with van der Waals surface area (Å²) >= 11 is 6.10. The number of amides is 1. The lowest BCUT2D eigenvalue weighted by molar-refractivity contribution is -0.127. The Labute approximate surface area is 197 Å². The van der Waals surface area contributed by atoms with E-state index in [-0.39, 0.29) is 18.6 Å². The van der Waals surface area contributed by atoms with Crippen LogP contribution in [0, 0.1) is 12.8 Å². The van der Waals surface area contributed by atoms with Gasteiger partial charge >= 0.3 is 0 Å². The van der Waals surface area contributed by atoms with Crippen LogP contribution in [0.1, 0.15) is 29.9 Å². The summed E-state index contributed by atoms with van der Waals surface area (Å²) in [6.07, 6.45) is 1.86. The van der Waals surface area contributed by atoms with Crippen molar-refractivity contribution in [2.24, 2.45) is 5.92 Å². The van der Waals surface area contributed by atoms with Gasteiger partial charge in [0.15, 0.2) is 11.5 Å². The molecule has 1 amide bonds. The Bertz CT molecular complexity index is 1160. The molecule has 1 N–H and O–H groups in total. The van der Waals surface area contributed by atoms with E-state index in [1.165, 1.54) is 0 Å². The number of aryl methyl sites for hydroxylation is 1. The van der Waals surface area contributed by atoms with Gasteiger partial charge in [-0.15, -0.1) is 0 Å². The molecule has 2 aliphatic heterocycles. The van der Waals surface area contributed by atoms with Gasteiger partial charge in [0.2, 0.25) is 18.6 Å². The fourth-order valence-corrected chi connectivity index (χ4v) is 4.52. The van der Waals surface area contributed by atoms with Crippen molar-refractivity contribution >= 4 is 17.5 Å². The van der Waals surface area contributed by atoms with Gasteiger partial charge in [-0.05, 0) is 62.2 Å². The molecule has 3 aromatic rings. The van der Waals surface area contributed by atoms with E-state index in [0.29, 0.717) is 30.5 Å². The molecule has 0 unspecified atom stereocenters. The van der Waals surface area contributed by atoms with Crippen LogP contribution in [0.25, 0.3) is 11.5 Å². The number of hydrogen-bond donors (Lipinski definition) is 1. The quantitative estimate of drug-likeness (QED) is 0.572. The number of nitrogens with zero attached hydrogens (tertiary/aromatic N) is 2. The lowest BCUT2D eigenvalue weighted by Crippen LogP contribution is -2.42. The summed E-state index contributed by atoms with van der Waals surface area (Å²) in [5, 5.41) is 3.73. The number of piperidine rings is 1. The van der Waals surface area contributed by atoms with Gasteiger partial charge in [0.1, 0.15) is 5.76 Å². The van der Waals surface area contributed by atoms with Crippen molar-refractivity contribution in [2.75, 3.05) is 19.9 Å². The molecule has 172 valence electrons. The fraction of sp³-hybridized carbons (Fsp3) is 0.360. The van der Waals surface area contributed by atoms with Crippen LogP contribution in [-0.2, 0) is 17.9 Å². The molecule has 1 fully saturated rings. The molecular formula is C25H26ClN3O4. The van der Waals surface area contributed by atoms with Crippen LogP contribution in [0.3, 0.4) is 0 Å². The number of ether oxygens (including phenoxy) is 2. The predicted molar refractivity (Wildman–Crippen MR) is 124 cm³/mol. The van der Waals surface area contributed by atoms with Crippen molar-refractivity contribution in [1.82, 2.24) is 15.2 Å². The fourth-order valence-electron chi connectivity index (χ4n) is 4.33. The maximum atomic E-state index is 12.9. The van der Waals surface area contributed by atoms with Crippen LogP contribution < -0.4 is 14.8 Å². The average molecular weight is 468 g/mol. The molecule has 8 heteroatoms. The molecule has 1 saturated heterocycles. The third-order valence-electron chi connectivity index (χ3n) is 6.12. The van der Waals surface area contributed by atoms with Gasteiger partial charge in [-0.3, -0.25) is 9.69 Å². The number of hydrogen-bond acceptors (Lipinski definition) is 6. The van der Waals surface area contributed by atoms with E-state index in [2.05, 4.69) is 10.2 Å². The molecule has 1 atom stereocenters. The first-order valence-electron chi connectivity index (χ1n) is 11.2. The van der Waals surface area contributed by atoms with E-state index in [1.54, 1.807) is 0 Å². The summed E-state index contributed by atoms with van der Waals surface area (Å²) < 4.78 is 16.7. The molecular weight excluding hydrogens is 442 g/mol. The highest BCUT2D eigenvalue weighted by Gasteiger charge is 2.27. The number of benzene rings is 2. The summed E-state index contributed by atoms with van der Waals surface area (Å²) in [5.74, 6) is 2.86. The van der Waals surface area contributed by atoms with Gasteiger partial charge in [-0.25, -0.2) is 4.98 Å². The SMILES string of the molecule is Cc1oc(-c2cccc(Cl)c2)nc1CN1CCC[C@H](C(=O)NCc2ccc3c(c2)OCO3)C1. The summed E-state index contributed by atoms with van der Waals surface area (Å²) in [4.78, 5) is 19.8. The van der Waals surface area contributed by atoms with Crippen molar-refractivity contribution in [3.8, 4) is 23.0 Å². The summed E-state index contributed by atoms with van der Waals surface area (Å²) in [6.45, 7) is 4.93. The minimum atomic E-state index is -0.0487. The van der Waals surface area contributed by atoms with E-state index in [4.69, 9.17) is 30.5 Å². The maximum absolute atomic E-state index is 12.9. The first-order valence-corrected chi connectivity index (χ1v) is 11.5. The maximum Gasteiger partial charge on any atom is 0.231 e. The molecule has 0 radical (unpaired) electrons. The second kappa shape index (κ2) is 9.45. The third-order valence-corrected chi connectivity index (χ3v) is 6.35. The average Bonchev–Trinajstić information content (AvgIpc) is 3.44. The second-order valence-electron chi connectivity index (χ2n) is 8.51. The molecule has 3 heterocycles. The molecule has 2 aliphatic rings. The Morgan fingerprint density at radius 2 is 2.09 bits per heavy atom. The summed E-state index contributed by atoms with van der Waals surface area (Å²) in [6, 6.07) is 13.2. The normalized spacial score (nSPS) is 17.8. The Kier molecular flexibility index (Phi) is 6.24. The number of fused-ring (bicyclic) bond motifs is 1. The molecule has 0 aliphatic carbocycles. The van der Waals surface area contributed by atoms with Gasteiger partial charge < -0.3 is 19.2 Å². The van der Waals surface area contributed by atoms with Crippen LogP contribution in [0.15, 0.2) is 46.9 Å². The zero-order valence-corrected chi connectivity index (χ0v) is 19.2. The zero-order chi connectivity index (χ0) is 22.8. The molecule has 2 aromatic carbocycles. The van der Waals surface area contributed by atoms with E-state index in [1.807, 2.05) is 49.4 Å². The van der Waals surface area contributed by atoms with Crippen molar-refractivity contribution < 1.29 is 18.7 Å². The lowest BCUT2D eigenvalue weighted by Gasteiger charge is -2.31. The topological polar surface area (TPSA) is 76.8 Å². The zero-order valence-electron chi connectivity index (χ0n) is 18.5. The smallest absolute Gasteiger partial charge is 0.231 e. The lowest BCUT2D eigenvalue weighted by atomic mass is 9.97. The van der Waals surface area contributed by atoms with E-state index < -0.39 is 0 Å². The largest absolute Gasteiger partial charge is 0.454 e. The van der Waals surface area contributed by atoms with Gasteiger partial charge in [-0.2, -0.15) is 0 Å². The van der Waals surface area contributed by atoms with Crippen LogP contribution >= 0.6 is 11.6 Å². The predicted octanol–water partition coefficient (Wildman–Crippen LogP) is 4.56. The van der Waals surface area contributed by atoms with Crippen LogP contribution in [-0.4, -0.2) is 35.7 Å². The molecule has 7 nitrogen and oxygen atoms in total. The van der Waals surface area contributed by atoms with Gasteiger partial charge in [0.05, 0.1) is 11.6 Å². The van der Waals surface area contributed by atoms with Crippen molar-refractivity contribution in [2.45, 2.75) is 32.9 Å². The minimum Gasteiger partial charge on any atom is -0.454 e. The third kappa shape index (κ3) is 4.99. The van der Waals surface area contributed by atoms with Crippen LogP contribution in [0.5, 0.6) is 11.5 Å². The Morgan fingerprint density at radius 1 is 1.21 bits per heavy atom. The number of nitrogens with one attached hydrogen (secondary N) is 1. The number of rotatable bonds is 6. The van der Waals surface area contributed by atoms with E-state index in [9.17, 15) is 4.79 Å². The van der Waals surface area contributed by atoms with E-state index in [0.717, 1.165) is 53.5 Å². The second-order valence-corrected chi connectivity index (χ2v) is 8.95. The number of oxazole rings is 1. The highest BCUT2D eigenvalue weighted by atomic mass is 35.5. The number of halogens is 1. The number of likely N-dealkylation sites (tertiary alicyclic amines) is 1. The molecule has 0 saturated carbocycles. The van der Waals surface area contributed by atoms with Crippen LogP contribution in [0.4, 0.5) is 0 Å². The van der Waals surface area contributed by atoms with Crippen LogP contribution in [0.2, 0.25) is 5.02 Å². The molecule has 5 rings (SSSR count). The minimum absolute atomic E-state index is 0.0487. The summed E-state index contributed by atoms with van der Waals surface area (Å²) in [5.41, 5.74) is 2.75. The number of carbonyl (C=O) groups excluding carboxylic acids is 1. The first kappa shape index (κ1) is 21.8. The number of aromatic nitrogens is 1. The monoisotopic (exact) mass is 467 g/mol. The highest BCUT2D eigenvalue weighted by Crippen LogP contribution is 2.32. The Hall–Kier alpha value is -3.03. The molecule has 33 heavy (non-hydrogen) atoms. The Balaban J connectivity index is 1.18. The van der Waals surface area contributed by atoms with Crippen molar-refractivity contribution in [3.05, 3.63) is 64.5 Å². The molecule has 0 spiro atoms. The Morgan fingerprint density at radius 3 is 2.97 bits per heavy atom. The highest BCUT2D eigenvalue weighted by molar-refractivity contribution is 6.30. The molecule has 1 aromatic heterocycles. The van der Waals surface area contributed by atoms with E-state index >= 15 is 0 Å². The molecule has 0 bridgehead atoms. The van der Waals surface area contributed by atoms with Gasteiger partial charge in [0, 0.05) is 30.2 Å². The standard InChI is InChI=1S/C25H26ClN3O4/c1-16-21(28-25(33-16)18-4-2-6-20(26)11-18)14-29-9-3-5-19(13-29)24(30)27-12-17-7-8-22-23(10-17)32-15-31-22/h2,4,6-8,10-11,19H,3,5,9,12-15H2,1H3,(H,27,30)/t19-/m0/s1. The summed E-state index contributed by atoms with van der Waals surface area (Å²) in [7, 11) is 0. The van der Waals surface area contributed by atoms with Crippen molar-refractivity contribution in [1.29, 1.82) is 0 Å². The first-order chi connectivity index (χ1) is 16.0.